The van der Waals surface area contributed by atoms with Crippen LogP contribution in [-0.4, -0.2) is 37.9 Å². The summed E-state index contributed by atoms with van der Waals surface area (Å²) in [6.07, 6.45) is 2.47. The first kappa shape index (κ1) is 23.5. The van der Waals surface area contributed by atoms with Gasteiger partial charge in [0.1, 0.15) is 12.4 Å². The molecular formula is C22H22ClFN4O3S. The third kappa shape index (κ3) is 5.35. The number of amides is 1. The average Bonchev–Trinajstić information content (AvgIpc) is 3.00. The van der Waals surface area contributed by atoms with Gasteiger partial charge in [0.2, 0.25) is 10.0 Å². The van der Waals surface area contributed by atoms with Crippen molar-refractivity contribution < 1.29 is 17.6 Å². The molecule has 0 bridgehead atoms. The van der Waals surface area contributed by atoms with E-state index in [2.05, 4.69) is 10.5 Å². The van der Waals surface area contributed by atoms with E-state index in [1.165, 1.54) is 24.4 Å². The van der Waals surface area contributed by atoms with E-state index in [-0.39, 0.29) is 16.5 Å². The highest BCUT2D eigenvalue weighted by Gasteiger charge is 2.22. The summed E-state index contributed by atoms with van der Waals surface area (Å²) in [7, 11) is -3.75. The summed E-state index contributed by atoms with van der Waals surface area (Å²) in [4.78, 5) is 12.4. The van der Waals surface area contributed by atoms with Crippen molar-refractivity contribution in [2.45, 2.75) is 13.8 Å². The summed E-state index contributed by atoms with van der Waals surface area (Å²) in [5, 5.41) is 4.17. The Labute approximate surface area is 191 Å². The topological polar surface area (TPSA) is 83.8 Å². The molecule has 0 radical (unpaired) electrons. The van der Waals surface area contributed by atoms with Gasteiger partial charge in [-0.1, -0.05) is 23.7 Å². The van der Waals surface area contributed by atoms with Gasteiger partial charge in [-0.15, -0.1) is 0 Å². The number of halogens is 2. The summed E-state index contributed by atoms with van der Waals surface area (Å²) in [5.74, 6) is -0.945. The van der Waals surface area contributed by atoms with Gasteiger partial charge in [-0.05, 0) is 56.3 Å². The van der Waals surface area contributed by atoms with Crippen molar-refractivity contribution in [2.24, 2.45) is 5.10 Å². The number of carbonyl (C=O) groups is 1. The molecule has 2 aromatic carbocycles. The molecule has 0 aliphatic heterocycles. The summed E-state index contributed by atoms with van der Waals surface area (Å²) in [6, 6.07) is 14.3. The Morgan fingerprint density at radius 3 is 2.47 bits per heavy atom. The molecule has 0 saturated carbocycles. The number of hydrogen-bond donors (Lipinski definition) is 1. The Morgan fingerprint density at radius 2 is 1.84 bits per heavy atom. The lowest BCUT2D eigenvalue weighted by molar-refractivity contribution is -0.119. The number of hydrogen-bond acceptors (Lipinski definition) is 4. The average molecular weight is 477 g/mol. The van der Waals surface area contributed by atoms with Gasteiger partial charge in [0.25, 0.3) is 5.91 Å². The summed E-state index contributed by atoms with van der Waals surface area (Å²) in [6.45, 7) is 3.30. The third-order valence-corrected chi connectivity index (χ3v) is 6.20. The maximum atomic E-state index is 13.2. The van der Waals surface area contributed by atoms with E-state index in [0.29, 0.717) is 0 Å². The molecule has 0 unspecified atom stereocenters. The molecule has 0 aliphatic rings. The minimum Gasteiger partial charge on any atom is -0.318 e. The normalized spacial score (nSPS) is 11.7. The molecular weight excluding hydrogens is 455 g/mol. The van der Waals surface area contributed by atoms with Crippen LogP contribution in [0.25, 0.3) is 5.69 Å². The molecule has 0 aliphatic carbocycles. The second kappa shape index (κ2) is 9.54. The van der Waals surface area contributed by atoms with Crippen molar-refractivity contribution >= 4 is 39.4 Å². The number of benzene rings is 2. The number of sulfonamides is 1. The van der Waals surface area contributed by atoms with Crippen LogP contribution in [0, 0.1) is 19.7 Å². The highest BCUT2D eigenvalue weighted by molar-refractivity contribution is 7.92. The maximum Gasteiger partial charge on any atom is 0.260 e. The van der Waals surface area contributed by atoms with E-state index in [1.807, 2.05) is 24.5 Å². The quantitative estimate of drug-likeness (QED) is 0.416. The van der Waals surface area contributed by atoms with Gasteiger partial charge in [-0.25, -0.2) is 18.2 Å². The summed E-state index contributed by atoms with van der Waals surface area (Å²) in [5.41, 5.74) is 5.86. The lowest BCUT2D eigenvalue weighted by Crippen LogP contribution is -2.39. The Hall–Kier alpha value is -3.17. The van der Waals surface area contributed by atoms with Crippen molar-refractivity contribution in [2.75, 3.05) is 17.1 Å². The fraction of sp³-hybridized carbons (Fsp3) is 0.182. The van der Waals surface area contributed by atoms with Crippen molar-refractivity contribution in [3.63, 3.8) is 0 Å². The highest BCUT2D eigenvalue weighted by atomic mass is 35.5. The van der Waals surface area contributed by atoms with Crippen LogP contribution < -0.4 is 9.73 Å². The van der Waals surface area contributed by atoms with Crippen LogP contribution in [0.2, 0.25) is 5.02 Å². The first-order valence-corrected chi connectivity index (χ1v) is 11.8. The SMILES string of the molecule is Cc1cc(C=NNC(=O)CN(c2ccccc2Cl)S(C)(=O)=O)c(C)n1-c1ccc(F)cc1. The number of nitrogens with one attached hydrogen (secondary N) is 1. The molecule has 0 spiro atoms. The number of nitrogens with zero attached hydrogens (tertiary/aromatic N) is 3. The van der Waals surface area contributed by atoms with Crippen molar-refractivity contribution in [1.29, 1.82) is 0 Å². The molecule has 1 aromatic heterocycles. The van der Waals surface area contributed by atoms with Crippen LogP contribution in [0.15, 0.2) is 59.7 Å². The zero-order valence-electron chi connectivity index (χ0n) is 17.7. The molecule has 32 heavy (non-hydrogen) atoms. The van der Waals surface area contributed by atoms with Gasteiger partial charge in [0.15, 0.2) is 0 Å². The second-order valence-corrected chi connectivity index (χ2v) is 9.47. The third-order valence-electron chi connectivity index (χ3n) is 4.76. The molecule has 1 heterocycles. The van der Waals surface area contributed by atoms with Gasteiger partial charge in [0, 0.05) is 22.6 Å². The van der Waals surface area contributed by atoms with Crippen molar-refractivity contribution in [3.8, 4) is 5.69 Å². The summed E-state index contributed by atoms with van der Waals surface area (Å²) < 4.78 is 40.4. The van der Waals surface area contributed by atoms with Gasteiger partial charge in [-0.3, -0.25) is 9.10 Å². The molecule has 0 fully saturated rings. The first-order chi connectivity index (χ1) is 15.1. The maximum absolute atomic E-state index is 13.2. The number of carbonyl (C=O) groups excluding carboxylic acids is 1. The Morgan fingerprint density at radius 1 is 1.19 bits per heavy atom. The predicted molar refractivity (Wildman–Crippen MR) is 125 cm³/mol. The number of aryl methyl sites for hydroxylation is 1. The minimum atomic E-state index is -3.75. The van der Waals surface area contributed by atoms with Crippen LogP contribution in [0.1, 0.15) is 17.0 Å². The Balaban J connectivity index is 1.74. The molecule has 0 saturated heterocycles. The van der Waals surface area contributed by atoms with E-state index < -0.39 is 22.5 Å². The number of anilines is 1. The van der Waals surface area contributed by atoms with Crippen molar-refractivity contribution in [1.82, 2.24) is 9.99 Å². The number of rotatable bonds is 7. The van der Waals surface area contributed by atoms with Crippen LogP contribution in [-0.2, 0) is 14.8 Å². The minimum absolute atomic E-state index is 0.207. The molecule has 10 heteroatoms. The lowest BCUT2D eigenvalue weighted by atomic mass is 10.2. The van der Waals surface area contributed by atoms with Crippen molar-refractivity contribution in [3.05, 3.63) is 82.4 Å². The number of hydrazone groups is 1. The molecule has 1 N–H and O–H groups in total. The van der Waals surface area contributed by atoms with E-state index in [9.17, 15) is 17.6 Å². The predicted octanol–water partition coefficient (Wildman–Crippen LogP) is 3.80. The van der Waals surface area contributed by atoms with Crippen LogP contribution in [0.3, 0.4) is 0 Å². The van der Waals surface area contributed by atoms with Crippen LogP contribution in [0.4, 0.5) is 10.1 Å². The molecule has 1 amide bonds. The van der Waals surface area contributed by atoms with Gasteiger partial charge in [0.05, 0.1) is 23.2 Å². The second-order valence-electron chi connectivity index (χ2n) is 7.15. The molecule has 3 rings (SSSR count). The van der Waals surface area contributed by atoms with E-state index >= 15 is 0 Å². The standard InChI is InChI=1S/C22H22ClFN4O3S/c1-15-12-17(16(2)28(15)19-10-8-18(24)9-11-19)13-25-26-22(29)14-27(32(3,30)31)21-7-5-4-6-20(21)23/h4-13H,14H2,1-3H3,(H,26,29). The number of aromatic nitrogens is 1. The van der Waals surface area contributed by atoms with E-state index in [0.717, 1.165) is 33.2 Å². The number of para-hydroxylation sites is 1. The van der Waals surface area contributed by atoms with Crippen LogP contribution >= 0.6 is 11.6 Å². The molecule has 7 nitrogen and oxygen atoms in total. The zero-order chi connectivity index (χ0) is 23.5. The Kier molecular flexibility index (Phi) is 7.00. The lowest BCUT2D eigenvalue weighted by Gasteiger charge is -2.22. The largest absolute Gasteiger partial charge is 0.318 e. The Bertz CT molecular complexity index is 1270. The summed E-state index contributed by atoms with van der Waals surface area (Å²) >= 11 is 6.10. The fourth-order valence-corrected chi connectivity index (χ4v) is 4.44. The first-order valence-electron chi connectivity index (χ1n) is 9.57. The molecule has 3 aromatic rings. The van der Waals surface area contributed by atoms with Crippen LogP contribution in [0.5, 0.6) is 0 Å². The van der Waals surface area contributed by atoms with Gasteiger partial charge in [-0.2, -0.15) is 5.10 Å². The van der Waals surface area contributed by atoms with E-state index in [4.69, 9.17) is 11.6 Å². The van der Waals surface area contributed by atoms with Gasteiger partial charge < -0.3 is 4.57 Å². The monoisotopic (exact) mass is 476 g/mol. The zero-order valence-corrected chi connectivity index (χ0v) is 19.3. The smallest absolute Gasteiger partial charge is 0.260 e. The molecule has 0 atom stereocenters. The highest BCUT2D eigenvalue weighted by Crippen LogP contribution is 2.27. The molecule has 168 valence electrons. The fourth-order valence-electron chi connectivity index (χ4n) is 3.28. The van der Waals surface area contributed by atoms with E-state index in [1.54, 1.807) is 30.3 Å². The van der Waals surface area contributed by atoms with Gasteiger partial charge >= 0.3 is 0 Å².